The molecule has 0 aliphatic rings. The molecule has 2 heterocycles. The maximum atomic E-state index is 12.2. The van der Waals surface area contributed by atoms with Crippen molar-refractivity contribution in [1.29, 1.82) is 0 Å². The Morgan fingerprint density at radius 3 is 2.39 bits per heavy atom. The highest BCUT2D eigenvalue weighted by molar-refractivity contribution is 7.99. The summed E-state index contributed by atoms with van der Waals surface area (Å²) >= 11 is 1.19. The molecule has 0 atom stereocenters. The molecule has 0 fully saturated rings. The summed E-state index contributed by atoms with van der Waals surface area (Å²) in [5, 5.41) is 11.1. The van der Waals surface area contributed by atoms with E-state index < -0.39 is 0 Å². The normalized spacial score (nSPS) is 10.6. The summed E-state index contributed by atoms with van der Waals surface area (Å²) in [5.74, 6) is 0.417. The third-order valence-corrected chi connectivity index (χ3v) is 4.74. The van der Waals surface area contributed by atoms with Crippen molar-refractivity contribution < 1.29 is 9.21 Å². The van der Waals surface area contributed by atoms with Gasteiger partial charge < -0.3 is 9.73 Å². The zero-order valence-corrected chi connectivity index (χ0v) is 15.6. The molecular formula is C21H16N4O2S. The van der Waals surface area contributed by atoms with Crippen LogP contribution < -0.4 is 5.32 Å². The maximum Gasteiger partial charge on any atom is 0.277 e. The van der Waals surface area contributed by atoms with E-state index in [0.29, 0.717) is 11.1 Å². The van der Waals surface area contributed by atoms with Crippen molar-refractivity contribution in [3.8, 4) is 22.6 Å². The van der Waals surface area contributed by atoms with E-state index in [-0.39, 0.29) is 11.7 Å². The minimum Gasteiger partial charge on any atom is -0.411 e. The van der Waals surface area contributed by atoms with Crippen molar-refractivity contribution in [3.05, 3.63) is 79.1 Å². The van der Waals surface area contributed by atoms with Gasteiger partial charge in [-0.1, -0.05) is 54.2 Å². The fourth-order valence-electron chi connectivity index (χ4n) is 2.57. The first-order valence-corrected chi connectivity index (χ1v) is 9.58. The van der Waals surface area contributed by atoms with E-state index in [1.807, 2.05) is 60.7 Å². The second-order valence-electron chi connectivity index (χ2n) is 5.90. The van der Waals surface area contributed by atoms with Crippen LogP contribution in [-0.2, 0) is 4.79 Å². The van der Waals surface area contributed by atoms with E-state index in [4.69, 9.17) is 4.42 Å². The molecule has 0 saturated carbocycles. The molecule has 4 rings (SSSR count). The predicted octanol–water partition coefficient (Wildman–Crippen LogP) is 4.53. The average molecular weight is 388 g/mol. The predicted molar refractivity (Wildman–Crippen MR) is 109 cm³/mol. The Bertz CT molecular complexity index is 1050. The molecule has 6 nitrogen and oxygen atoms in total. The van der Waals surface area contributed by atoms with Crippen LogP contribution in [0.25, 0.3) is 22.6 Å². The van der Waals surface area contributed by atoms with E-state index >= 15 is 0 Å². The highest BCUT2D eigenvalue weighted by Gasteiger charge is 2.11. The summed E-state index contributed by atoms with van der Waals surface area (Å²) in [6.45, 7) is 0. The van der Waals surface area contributed by atoms with E-state index in [1.54, 1.807) is 18.5 Å². The van der Waals surface area contributed by atoms with Gasteiger partial charge in [-0.25, -0.2) is 0 Å². The van der Waals surface area contributed by atoms with Crippen LogP contribution >= 0.6 is 11.8 Å². The molecule has 0 spiro atoms. The van der Waals surface area contributed by atoms with E-state index in [2.05, 4.69) is 20.5 Å². The van der Waals surface area contributed by atoms with Crippen LogP contribution in [0.15, 0.2) is 88.8 Å². The number of amides is 1. The van der Waals surface area contributed by atoms with Gasteiger partial charge in [0.05, 0.1) is 11.3 Å². The molecule has 138 valence electrons. The lowest BCUT2D eigenvalue weighted by atomic mass is 10.1. The second kappa shape index (κ2) is 8.49. The van der Waals surface area contributed by atoms with Gasteiger partial charge in [-0.05, 0) is 35.4 Å². The smallest absolute Gasteiger partial charge is 0.277 e. The van der Waals surface area contributed by atoms with Gasteiger partial charge in [-0.3, -0.25) is 9.78 Å². The van der Waals surface area contributed by atoms with Gasteiger partial charge in [-0.15, -0.1) is 10.2 Å². The van der Waals surface area contributed by atoms with E-state index in [9.17, 15) is 4.79 Å². The Kier molecular flexibility index (Phi) is 5.44. The number of hydrogen-bond acceptors (Lipinski definition) is 6. The first-order chi connectivity index (χ1) is 13.8. The molecule has 0 saturated heterocycles. The van der Waals surface area contributed by atoms with Crippen molar-refractivity contribution in [2.75, 3.05) is 11.1 Å². The van der Waals surface area contributed by atoms with Crippen LogP contribution in [0, 0.1) is 0 Å². The van der Waals surface area contributed by atoms with Crippen LogP contribution in [-0.4, -0.2) is 26.8 Å². The molecule has 28 heavy (non-hydrogen) atoms. The summed E-state index contributed by atoms with van der Waals surface area (Å²) in [5.41, 5.74) is 3.72. The molecular weight excluding hydrogens is 372 g/mol. The number of nitrogens with one attached hydrogen (secondary N) is 1. The van der Waals surface area contributed by atoms with Crippen molar-refractivity contribution in [3.63, 3.8) is 0 Å². The minimum atomic E-state index is -0.140. The Balaban J connectivity index is 1.32. The van der Waals surface area contributed by atoms with Gasteiger partial charge in [0.2, 0.25) is 11.8 Å². The van der Waals surface area contributed by atoms with Gasteiger partial charge in [0.15, 0.2) is 0 Å². The number of hydrogen-bond donors (Lipinski definition) is 1. The first kappa shape index (κ1) is 17.9. The first-order valence-electron chi connectivity index (χ1n) is 8.60. The number of rotatable bonds is 6. The Morgan fingerprint density at radius 1 is 0.893 bits per heavy atom. The summed E-state index contributed by atoms with van der Waals surface area (Å²) in [7, 11) is 0. The quantitative estimate of drug-likeness (QED) is 0.489. The molecule has 0 aliphatic heterocycles. The number of nitrogens with zero attached hydrogens (tertiary/aromatic N) is 3. The van der Waals surface area contributed by atoms with Gasteiger partial charge >= 0.3 is 0 Å². The Hall–Kier alpha value is -3.45. The zero-order chi connectivity index (χ0) is 19.2. The van der Waals surface area contributed by atoms with Gasteiger partial charge in [0.25, 0.3) is 5.22 Å². The largest absolute Gasteiger partial charge is 0.411 e. The highest BCUT2D eigenvalue weighted by Crippen LogP contribution is 2.23. The summed E-state index contributed by atoms with van der Waals surface area (Å²) in [6.07, 6.45) is 3.32. The van der Waals surface area contributed by atoms with Crippen LogP contribution in [0.5, 0.6) is 0 Å². The molecule has 1 amide bonds. The van der Waals surface area contributed by atoms with Crippen LogP contribution in [0.4, 0.5) is 5.69 Å². The molecule has 2 aromatic heterocycles. The number of carbonyl (C=O) groups is 1. The molecule has 0 unspecified atom stereocenters. The molecule has 2 aromatic carbocycles. The maximum absolute atomic E-state index is 12.2. The van der Waals surface area contributed by atoms with Gasteiger partial charge in [0.1, 0.15) is 0 Å². The highest BCUT2D eigenvalue weighted by atomic mass is 32.2. The lowest BCUT2D eigenvalue weighted by Gasteiger charge is -2.06. The minimum absolute atomic E-state index is 0.140. The Morgan fingerprint density at radius 2 is 1.64 bits per heavy atom. The number of carbonyl (C=O) groups excluding carboxylic acids is 1. The summed E-state index contributed by atoms with van der Waals surface area (Å²) in [4.78, 5) is 16.2. The van der Waals surface area contributed by atoms with Crippen molar-refractivity contribution in [1.82, 2.24) is 15.2 Å². The standard InChI is InChI=1S/C21H16N4O2S/c26-19(14-28-21-25-24-20(27-21)17-7-4-12-22-13-17)23-18-10-8-16(9-11-18)15-5-2-1-3-6-15/h1-13H,14H2,(H,23,26). The molecule has 7 heteroatoms. The number of benzene rings is 2. The third-order valence-electron chi connectivity index (χ3n) is 3.92. The summed E-state index contributed by atoms with van der Waals surface area (Å²) in [6, 6.07) is 21.5. The monoisotopic (exact) mass is 388 g/mol. The van der Waals surface area contributed by atoms with E-state index in [1.165, 1.54) is 11.8 Å². The number of thioether (sulfide) groups is 1. The van der Waals surface area contributed by atoms with Crippen LogP contribution in [0.3, 0.4) is 0 Å². The SMILES string of the molecule is O=C(CSc1nnc(-c2cccnc2)o1)Nc1ccc(-c2ccccc2)cc1. The second-order valence-corrected chi connectivity index (χ2v) is 6.82. The lowest BCUT2D eigenvalue weighted by Crippen LogP contribution is -2.13. The Labute approximate surface area is 166 Å². The number of pyridine rings is 1. The molecule has 0 radical (unpaired) electrons. The van der Waals surface area contributed by atoms with Crippen molar-refractivity contribution in [2.45, 2.75) is 5.22 Å². The fourth-order valence-corrected chi connectivity index (χ4v) is 3.14. The topological polar surface area (TPSA) is 80.9 Å². The third kappa shape index (κ3) is 4.44. The van der Waals surface area contributed by atoms with Crippen LogP contribution in [0.1, 0.15) is 0 Å². The van der Waals surface area contributed by atoms with Crippen LogP contribution in [0.2, 0.25) is 0 Å². The van der Waals surface area contributed by atoms with E-state index in [0.717, 1.165) is 22.4 Å². The summed E-state index contributed by atoms with van der Waals surface area (Å²) < 4.78 is 5.56. The lowest BCUT2D eigenvalue weighted by molar-refractivity contribution is -0.113. The number of anilines is 1. The van der Waals surface area contributed by atoms with Crippen molar-refractivity contribution in [2.24, 2.45) is 0 Å². The molecule has 4 aromatic rings. The molecule has 1 N–H and O–H groups in total. The molecule has 0 bridgehead atoms. The van der Waals surface area contributed by atoms with Crippen molar-refractivity contribution >= 4 is 23.4 Å². The number of aromatic nitrogens is 3. The van der Waals surface area contributed by atoms with Gasteiger partial charge in [0, 0.05) is 18.1 Å². The van der Waals surface area contributed by atoms with Gasteiger partial charge in [-0.2, -0.15) is 0 Å². The fraction of sp³-hybridized carbons (Fsp3) is 0.0476. The molecule has 0 aliphatic carbocycles. The zero-order valence-electron chi connectivity index (χ0n) is 14.8. The average Bonchev–Trinajstić information content (AvgIpc) is 3.23.